The van der Waals surface area contributed by atoms with Crippen molar-refractivity contribution in [2.24, 2.45) is 5.84 Å². The van der Waals surface area contributed by atoms with Crippen molar-refractivity contribution in [3.05, 3.63) is 42.1 Å². The second-order valence-corrected chi connectivity index (χ2v) is 3.97. The van der Waals surface area contributed by atoms with Gasteiger partial charge in [-0.25, -0.2) is 10.8 Å². The minimum atomic E-state index is -4.57. The Bertz CT molecular complexity index is 585. The summed E-state index contributed by atoms with van der Waals surface area (Å²) >= 11 is 0. The first-order chi connectivity index (χ1) is 9.41. The number of anilines is 3. The van der Waals surface area contributed by atoms with Crippen molar-refractivity contribution < 1.29 is 13.2 Å². The highest BCUT2D eigenvalue weighted by Gasteiger charge is 2.34. The first kappa shape index (κ1) is 14.1. The number of halogens is 3. The Balaban J connectivity index is 2.46. The first-order valence-electron chi connectivity index (χ1n) is 5.63. The third-order valence-electron chi connectivity index (χ3n) is 2.62. The normalized spacial score (nSPS) is 11.2. The van der Waals surface area contributed by atoms with Crippen LogP contribution in [0.2, 0.25) is 0 Å². The van der Waals surface area contributed by atoms with Crippen molar-refractivity contribution in [1.82, 2.24) is 9.97 Å². The van der Waals surface area contributed by atoms with E-state index in [0.717, 1.165) is 6.07 Å². The molecule has 8 heteroatoms. The van der Waals surface area contributed by atoms with Crippen LogP contribution in [0.15, 0.2) is 36.4 Å². The van der Waals surface area contributed by atoms with Crippen LogP contribution in [-0.4, -0.2) is 17.0 Å². The number of hydrazine groups is 1. The topological polar surface area (TPSA) is 67.1 Å². The van der Waals surface area contributed by atoms with Crippen LogP contribution in [0.25, 0.3) is 0 Å². The van der Waals surface area contributed by atoms with Gasteiger partial charge in [0, 0.05) is 18.8 Å². The van der Waals surface area contributed by atoms with Gasteiger partial charge in [-0.1, -0.05) is 18.2 Å². The quantitative estimate of drug-likeness (QED) is 0.669. The van der Waals surface area contributed by atoms with E-state index in [4.69, 9.17) is 5.84 Å². The molecule has 0 radical (unpaired) electrons. The molecule has 0 saturated carbocycles. The van der Waals surface area contributed by atoms with E-state index in [2.05, 4.69) is 9.97 Å². The third kappa shape index (κ3) is 2.97. The van der Waals surface area contributed by atoms with E-state index in [1.165, 1.54) is 4.90 Å². The molecule has 0 aliphatic heterocycles. The SMILES string of the molecule is CN(c1ccccc1)c1cc(C(F)(F)F)nc(NN)n1. The standard InChI is InChI=1S/C12H12F3N5/c1-20(8-5-3-2-4-6-8)10-7-9(12(13,14)15)17-11(18-10)19-16/h2-7H,16H2,1H3,(H,17,18,19). The van der Waals surface area contributed by atoms with Crippen molar-refractivity contribution in [2.45, 2.75) is 6.18 Å². The molecular weight excluding hydrogens is 271 g/mol. The average molecular weight is 283 g/mol. The number of hydrogen-bond donors (Lipinski definition) is 2. The van der Waals surface area contributed by atoms with Crippen LogP contribution in [-0.2, 0) is 6.18 Å². The Morgan fingerprint density at radius 2 is 1.80 bits per heavy atom. The van der Waals surface area contributed by atoms with Gasteiger partial charge in [0.1, 0.15) is 5.82 Å². The highest BCUT2D eigenvalue weighted by atomic mass is 19.4. The van der Waals surface area contributed by atoms with Crippen LogP contribution in [0, 0.1) is 0 Å². The lowest BCUT2D eigenvalue weighted by Crippen LogP contribution is -2.19. The molecule has 0 spiro atoms. The molecule has 0 atom stereocenters. The monoisotopic (exact) mass is 283 g/mol. The maximum atomic E-state index is 12.8. The molecule has 5 nitrogen and oxygen atoms in total. The van der Waals surface area contributed by atoms with E-state index >= 15 is 0 Å². The summed E-state index contributed by atoms with van der Waals surface area (Å²) < 4.78 is 38.3. The molecule has 1 aromatic heterocycles. The summed E-state index contributed by atoms with van der Waals surface area (Å²) in [6.45, 7) is 0. The summed E-state index contributed by atoms with van der Waals surface area (Å²) in [7, 11) is 1.61. The minimum absolute atomic E-state index is 0.0893. The molecule has 0 amide bonds. The fourth-order valence-electron chi connectivity index (χ4n) is 1.60. The summed E-state index contributed by atoms with van der Waals surface area (Å²) in [6, 6.07) is 9.74. The van der Waals surface area contributed by atoms with Gasteiger partial charge in [0.25, 0.3) is 0 Å². The summed E-state index contributed by atoms with van der Waals surface area (Å²) in [4.78, 5) is 8.73. The summed E-state index contributed by atoms with van der Waals surface area (Å²) in [5.41, 5.74) is 1.68. The zero-order valence-corrected chi connectivity index (χ0v) is 10.5. The number of alkyl halides is 3. The van der Waals surface area contributed by atoms with Gasteiger partial charge in [0.05, 0.1) is 0 Å². The Morgan fingerprint density at radius 1 is 1.15 bits per heavy atom. The summed E-state index contributed by atoms with van der Waals surface area (Å²) in [5, 5.41) is 0. The van der Waals surface area contributed by atoms with E-state index in [1.807, 2.05) is 11.5 Å². The molecule has 1 heterocycles. The predicted molar refractivity (Wildman–Crippen MR) is 69.3 cm³/mol. The van der Waals surface area contributed by atoms with Gasteiger partial charge in [-0.3, -0.25) is 5.43 Å². The van der Waals surface area contributed by atoms with E-state index in [-0.39, 0.29) is 11.8 Å². The van der Waals surface area contributed by atoms with E-state index in [9.17, 15) is 13.2 Å². The van der Waals surface area contributed by atoms with Crippen molar-refractivity contribution >= 4 is 17.5 Å². The number of nitrogens with two attached hydrogens (primary N) is 1. The van der Waals surface area contributed by atoms with Crippen molar-refractivity contribution in [2.75, 3.05) is 17.4 Å². The zero-order chi connectivity index (χ0) is 14.8. The lowest BCUT2D eigenvalue weighted by atomic mass is 10.3. The second-order valence-electron chi connectivity index (χ2n) is 3.97. The lowest BCUT2D eigenvalue weighted by molar-refractivity contribution is -0.141. The number of benzene rings is 1. The Morgan fingerprint density at radius 3 is 2.35 bits per heavy atom. The van der Waals surface area contributed by atoms with Crippen LogP contribution in [0.5, 0.6) is 0 Å². The van der Waals surface area contributed by atoms with E-state index in [0.29, 0.717) is 5.69 Å². The highest BCUT2D eigenvalue weighted by Crippen LogP contribution is 2.31. The number of aromatic nitrogens is 2. The first-order valence-corrected chi connectivity index (χ1v) is 5.63. The number of hydrogen-bond acceptors (Lipinski definition) is 5. The number of nitrogens with zero attached hydrogens (tertiary/aromatic N) is 3. The fraction of sp³-hybridized carbons (Fsp3) is 0.167. The maximum absolute atomic E-state index is 12.8. The molecule has 0 aliphatic carbocycles. The van der Waals surface area contributed by atoms with Gasteiger partial charge in [0.15, 0.2) is 5.69 Å². The Hall–Kier alpha value is -2.35. The molecule has 2 aromatic rings. The molecule has 0 bridgehead atoms. The zero-order valence-electron chi connectivity index (χ0n) is 10.5. The Kier molecular flexibility index (Phi) is 3.75. The van der Waals surface area contributed by atoms with Crippen LogP contribution in [0.4, 0.5) is 30.6 Å². The van der Waals surface area contributed by atoms with Gasteiger partial charge in [0.2, 0.25) is 5.95 Å². The predicted octanol–water partition coefficient (Wildman–Crippen LogP) is 2.55. The molecule has 0 saturated heterocycles. The Labute approximate surface area is 113 Å². The van der Waals surface area contributed by atoms with Crippen LogP contribution >= 0.6 is 0 Å². The molecule has 2 rings (SSSR count). The molecule has 0 aliphatic rings. The molecule has 0 fully saturated rings. The molecule has 0 unspecified atom stereocenters. The average Bonchev–Trinajstić information content (AvgIpc) is 2.46. The molecule has 106 valence electrons. The second kappa shape index (κ2) is 5.33. The van der Waals surface area contributed by atoms with Gasteiger partial charge in [-0.05, 0) is 12.1 Å². The number of para-hydroxylation sites is 1. The summed E-state index contributed by atoms with van der Waals surface area (Å²) in [5.74, 6) is 4.90. The lowest BCUT2D eigenvalue weighted by Gasteiger charge is -2.20. The third-order valence-corrected chi connectivity index (χ3v) is 2.62. The summed E-state index contributed by atoms with van der Waals surface area (Å²) in [6.07, 6.45) is -4.57. The van der Waals surface area contributed by atoms with E-state index < -0.39 is 11.9 Å². The van der Waals surface area contributed by atoms with Crippen LogP contribution in [0.1, 0.15) is 5.69 Å². The minimum Gasteiger partial charge on any atom is -0.329 e. The van der Waals surface area contributed by atoms with Gasteiger partial charge >= 0.3 is 6.18 Å². The largest absolute Gasteiger partial charge is 0.433 e. The maximum Gasteiger partial charge on any atom is 0.433 e. The van der Waals surface area contributed by atoms with Crippen LogP contribution < -0.4 is 16.2 Å². The molecule has 20 heavy (non-hydrogen) atoms. The number of rotatable bonds is 3. The van der Waals surface area contributed by atoms with E-state index in [1.54, 1.807) is 31.3 Å². The highest BCUT2D eigenvalue weighted by molar-refractivity contribution is 5.60. The van der Waals surface area contributed by atoms with Crippen LogP contribution in [0.3, 0.4) is 0 Å². The molecular formula is C12H12F3N5. The molecule has 3 N–H and O–H groups in total. The van der Waals surface area contributed by atoms with Crippen molar-refractivity contribution in [1.29, 1.82) is 0 Å². The number of nitrogen functional groups attached to an aromatic ring is 1. The van der Waals surface area contributed by atoms with Gasteiger partial charge in [-0.2, -0.15) is 18.2 Å². The van der Waals surface area contributed by atoms with Gasteiger partial charge in [-0.15, -0.1) is 0 Å². The fourth-order valence-corrected chi connectivity index (χ4v) is 1.60. The van der Waals surface area contributed by atoms with Crippen molar-refractivity contribution in [3.63, 3.8) is 0 Å². The number of nitrogens with one attached hydrogen (secondary N) is 1. The smallest absolute Gasteiger partial charge is 0.329 e. The molecule has 1 aromatic carbocycles. The van der Waals surface area contributed by atoms with Gasteiger partial charge < -0.3 is 4.90 Å². The van der Waals surface area contributed by atoms with Crippen molar-refractivity contribution in [3.8, 4) is 0 Å².